The molecule has 0 saturated carbocycles. The lowest BCUT2D eigenvalue weighted by atomic mass is 10.1. The van der Waals surface area contributed by atoms with Gasteiger partial charge in [0.05, 0.1) is 6.54 Å². The summed E-state index contributed by atoms with van der Waals surface area (Å²) in [5.41, 5.74) is 4.55. The molecule has 10 heteroatoms. The van der Waals surface area contributed by atoms with E-state index in [0.717, 1.165) is 10.8 Å². The molecular weight excluding hydrogens is 436 g/mol. The third kappa shape index (κ3) is 6.89. The van der Waals surface area contributed by atoms with Crippen LogP contribution in [-0.4, -0.2) is 37.0 Å². The predicted molar refractivity (Wildman–Crippen MR) is 116 cm³/mol. The molecular formula is C23H21F2N3O5. The Labute approximate surface area is 187 Å². The van der Waals surface area contributed by atoms with Crippen LogP contribution < -0.4 is 25.6 Å². The van der Waals surface area contributed by atoms with E-state index in [0.29, 0.717) is 5.75 Å². The Morgan fingerprint density at radius 3 is 2.21 bits per heavy atom. The number of halogens is 2. The number of hydrazine groups is 1. The van der Waals surface area contributed by atoms with Gasteiger partial charge in [0, 0.05) is 5.56 Å². The van der Waals surface area contributed by atoms with Gasteiger partial charge in [0.25, 0.3) is 17.7 Å². The Kier molecular flexibility index (Phi) is 7.74. The van der Waals surface area contributed by atoms with E-state index in [4.69, 9.17) is 4.74 Å². The first-order valence-corrected chi connectivity index (χ1v) is 9.89. The number of nitrogens with one attached hydrogen (secondary N) is 3. The SMILES string of the molecule is C[C@H](Oc1ccc2ccccc2c1)C(=O)NNC(=O)CNC(=O)c1ccc(OC(F)F)cc1. The lowest BCUT2D eigenvalue weighted by Crippen LogP contribution is -2.50. The van der Waals surface area contributed by atoms with Gasteiger partial charge in [0.1, 0.15) is 11.5 Å². The molecule has 33 heavy (non-hydrogen) atoms. The maximum absolute atomic E-state index is 12.2. The fourth-order valence-corrected chi connectivity index (χ4v) is 2.83. The monoisotopic (exact) mass is 457 g/mol. The normalized spacial score (nSPS) is 11.5. The van der Waals surface area contributed by atoms with Crippen molar-refractivity contribution in [2.75, 3.05) is 6.54 Å². The lowest BCUT2D eigenvalue weighted by molar-refractivity contribution is -0.132. The van der Waals surface area contributed by atoms with Gasteiger partial charge in [-0.15, -0.1) is 0 Å². The standard InChI is InChI=1S/C23H21F2N3O5/c1-14(32-19-11-6-15-4-2-3-5-17(15)12-19)21(30)28-27-20(29)13-26-22(31)16-7-9-18(10-8-16)33-23(24)25/h2-12,14,23H,13H2,1H3,(H,26,31)(H,27,29)(H,28,30)/t14-/m0/s1. The van der Waals surface area contributed by atoms with Gasteiger partial charge in [-0.3, -0.25) is 25.2 Å². The van der Waals surface area contributed by atoms with Crippen molar-refractivity contribution in [1.82, 2.24) is 16.2 Å². The summed E-state index contributed by atoms with van der Waals surface area (Å²) in [7, 11) is 0. The Morgan fingerprint density at radius 2 is 1.52 bits per heavy atom. The number of alkyl halides is 2. The van der Waals surface area contributed by atoms with Crippen LogP contribution in [0.25, 0.3) is 10.8 Å². The molecule has 0 saturated heterocycles. The van der Waals surface area contributed by atoms with Crippen LogP contribution in [0.1, 0.15) is 17.3 Å². The minimum absolute atomic E-state index is 0.0953. The van der Waals surface area contributed by atoms with E-state index in [9.17, 15) is 23.2 Å². The van der Waals surface area contributed by atoms with Crippen LogP contribution in [-0.2, 0) is 9.59 Å². The summed E-state index contributed by atoms with van der Waals surface area (Å²) in [5.74, 6) is -1.46. The number of carbonyl (C=O) groups excluding carboxylic acids is 3. The van der Waals surface area contributed by atoms with Crippen LogP contribution >= 0.6 is 0 Å². The van der Waals surface area contributed by atoms with Crippen LogP contribution in [0.5, 0.6) is 11.5 Å². The molecule has 8 nitrogen and oxygen atoms in total. The van der Waals surface area contributed by atoms with E-state index < -0.39 is 37.0 Å². The third-order valence-corrected chi connectivity index (χ3v) is 4.48. The molecule has 0 spiro atoms. The van der Waals surface area contributed by atoms with Gasteiger partial charge in [0.2, 0.25) is 0 Å². The van der Waals surface area contributed by atoms with Gasteiger partial charge in [-0.05, 0) is 54.1 Å². The summed E-state index contributed by atoms with van der Waals surface area (Å²) in [5, 5.41) is 4.34. The third-order valence-electron chi connectivity index (χ3n) is 4.48. The molecule has 1 atom stereocenters. The Balaban J connectivity index is 1.41. The molecule has 3 N–H and O–H groups in total. The number of fused-ring (bicyclic) bond motifs is 1. The number of benzene rings is 3. The van der Waals surface area contributed by atoms with Crippen molar-refractivity contribution >= 4 is 28.5 Å². The fourth-order valence-electron chi connectivity index (χ4n) is 2.83. The van der Waals surface area contributed by atoms with Crippen LogP contribution in [0.3, 0.4) is 0 Å². The lowest BCUT2D eigenvalue weighted by Gasteiger charge is -2.15. The van der Waals surface area contributed by atoms with Crippen molar-refractivity contribution in [2.24, 2.45) is 0 Å². The number of rotatable bonds is 8. The zero-order valence-corrected chi connectivity index (χ0v) is 17.5. The minimum Gasteiger partial charge on any atom is -0.481 e. The van der Waals surface area contributed by atoms with E-state index in [1.54, 1.807) is 12.1 Å². The second kappa shape index (κ2) is 10.9. The molecule has 0 bridgehead atoms. The first-order chi connectivity index (χ1) is 15.8. The largest absolute Gasteiger partial charge is 0.481 e. The maximum atomic E-state index is 12.2. The maximum Gasteiger partial charge on any atom is 0.387 e. The molecule has 0 unspecified atom stereocenters. The molecule has 3 amide bonds. The van der Waals surface area contributed by atoms with Gasteiger partial charge in [-0.25, -0.2) is 0 Å². The second-order valence-electron chi connectivity index (χ2n) is 6.89. The van der Waals surface area contributed by atoms with Gasteiger partial charge >= 0.3 is 6.61 Å². The molecule has 0 aliphatic carbocycles. The van der Waals surface area contributed by atoms with E-state index in [1.165, 1.54) is 31.2 Å². The molecule has 0 heterocycles. The van der Waals surface area contributed by atoms with Crippen molar-refractivity contribution in [3.05, 3.63) is 72.3 Å². The van der Waals surface area contributed by atoms with Crippen LogP contribution in [0.4, 0.5) is 8.78 Å². The summed E-state index contributed by atoms with van der Waals surface area (Å²) in [4.78, 5) is 36.1. The van der Waals surface area contributed by atoms with Crippen molar-refractivity contribution in [2.45, 2.75) is 19.6 Å². The molecule has 172 valence electrons. The van der Waals surface area contributed by atoms with E-state index >= 15 is 0 Å². The Bertz CT molecular complexity index is 1140. The predicted octanol–water partition coefficient (Wildman–Crippen LogP) is 2.79. The zero-order valence-electron chi connectivity index (χ0n) is 17.5. The van der Waals surface area contributed by atoms with Gasteiger partial charge in [0.15, 0.2) is 6.10 Å². The molecule has 0 aliphatic rings. The highest BCUT2D eigenvalue weighted by atomic mass is 19.3. The first-order valence-electron chi connectivity index (χ1n) is 9.89. The summed E-state index contributed by atoms with van der Waals surface area (Å²) in [6, 6.07) is 18.1. The second-order valence-corrected chi connectivity index (χ2v) is 6.89. The van der Waals surface area contributed by atoms with Crippen LogP contribution in [0.15, 0.2) is 66.7 Å². The number of amides is 3. The van der Waals surface area contributed by atoms with Crippen molar-refractivity contribution in [1.29, 1.82) is 0 Å². The quantitative estimate of drug-likeness (QED) is 0.451. The van der Waals surface area contributed by atoms with E-state index in [-0.39, 0.29) is 11.3 Å². The molecule has 3 rings (SSSR count). The number of hydrogen-bond acceptors (Lipinski definition) is 5. The topological polar surface area (TPSA) is 106 Å². The highest BCUT2D eigenvalue weighted by Crippen LogP contribution is 2.21. The van der Waals surface area contributed by atoms with Crippen molar-refractivity contribution in [3.63, 3.8) is 0 Å². The Hall–Kier alpha value is -4.21. The molecule has 3 aromatic rings. The number of ether oxygens (including phenoxy) is 2. The fraction of sp³-hybridized carbons (Fsp3) is 0.174. The minimum atomic E-state index is -2.97. The number of carbonyl (C=O) groups is 3. The van der Waals surface area contributed by atoms with Crippen molar-refractivity contribution < 1.29 is 32.6 Å². The molecule has 0 aliphatic heterocycles. The average molecular weight is 457 g/mol. The molecule has 0 radical (unpaired) electrons. The molecule has 3 aromatic carbocycles. The highest BCUT2D eigenvalue weighted by molar-refractivity contribution is 5.96. The zero-order chi connectivity index (χ0) is 23.8. The van der Waals surface area contributed by atoms with E-state index in [1.807, 2.05) is 30.3 Å². The van der Waals surface area contributed by atoms with E-state index in [2.05, 4.69) is 20.9 Å². The summed E-state index contributed by atoms with van der Waals surface area (Å²) >= 11 is 0. The van der Waals surface area contributed by atoms with Crippen LogP contribution in [0, 0.1) is 0 Å². The highest BCUT2D eigenvalue weighted by Gasteiger charge is 2.16. The smallest absolute Gasteiger partial charge is 0.387 e. The van der Waals surface area contributed by atoms with Crippen molar-refractivity contribution in [3.8, 4) is 11.5 Å². The summed E-state index contributed by atoms with van der Waals surface area (Å²) in [6.45, 7) is -1.86. The molecule has 0 fully saturated rings. The van der Waals surface area contributed by atoms with Gasteiger partial charge < -0.3 is 14.8 Å². The summed E-state index contributed by atoms with van der Waals surface area (Å²) in [6.07, 6.45) is -0.893. The summed E-state index contributed by atoms with van der Waals surface area (Å²) < 4.78 is 34.1. The molecule has 0 aromatic heterocycles. The van der Waals surface area contributed by atoms with Gasteiger partial charge in [-0.2, -0.15) is 8.78 Å². The van der Waals surface area contributed by atoms with Crippen LogP contribution in [0.2, 0.25) is 0 Å². The Morgan fingerprint density at radius 1 is 0.848 bits per heavy atom. The van der Waals surface area contributed by atoms with Gasteiger partial charge in [-0.1, -0.05) is 30.3 Å². The number of hydrogen-bond donors (Lipinski definition) is 3. The average Bonchev–Trinajstić information content (AvgIpc) is 2.81. The first kappa shape index (κ1) is 23.5.